The van der Waals surface area contributed by atoms with Crippen molar-refractivity contribution in [1.82, 2.24) is 9.88 Å². The lowest BCUT2D eigenvalue weighted by atomic mass is 10.1. The average molecular weight is 441 g/mol. The summed E-state index contributed by atoms with van der Waals surface area (Å²) in [5.41, 5.74) is 2.61. The maximum Gasteiger partial charge on any atom is 0.260 e. The summed E-state index contributed by atoms with van der Waals surface area (Å²) in [7, 11) is 3.98. The van der Waals surface area contributed by atoms with Crippen molar-refractivity contribution >= 4 is 38.3 Å². The first-order chi connectivity index (χ1) is 15.0. The molecule has 0 aliphatic rings. The van der Waals surface area contributed by atoms with Crippen molar-refractivity contribution in [1.29, 1.82) is 0 Å². The normalized spacial score (nSPS) is 11.2. The van der Waals surface area contributed by atoms with E-state index < -0.39 is 0 Å². The third kappa shape index (κ3) is 5.54. The molecule has 0 bridgehead atoms. The fourth-order valence-corrected chi connectivity index (χ4v) is 4.41. The number of hydrogen-bond donors (Lipinski definition) is 0. The van der Waals surface area contributed by atoms with Crippen molar-refractivity contribution < 1.29 is 9.53 Å². The monoisotopic (exact) mass is 440 g/mol. The first-order valence-electron chi connectivity index (χ1n) is 10.8. The number of carbonyl (C=O) groups excluding carboxylic acids is 1. The van der Waals surface area contributed by atoms with E-state index >= 15 is 0 Å². The van der Waals surface area contributed by atoms with Crippen LogP contribution in [0.3, 0.4) is 0 Å². The molecule has 0 radical (unpaired) electrons. The number of rotatable bonds is 10. The number of ether oxygens (including phenoxy) is 1. The number of likely N-dealkylation sites (N-methyl/N-ethyl adjacent to an activating group) is 1. The Morgan fingerprint density at radius 3 is 2.32 bits per heavy atom. The lowest BCUT2D eigenvalue weighted by Gasteiger charge is -2.25. The fourth-order valence-electron chi connectivity index (χ4n) is 3.39. The molecule has 0 atom stereocenters. The quantitative estimate of drug-likeness (QED) is 0.455. The van der Waals surface area contributed by atoms with Crippen LogP contribution < -0.4 is 14.5 Å². The molecule has 1 amide bonds. The van der Waals surface area contributed by atoms with E-state index in [-0.39, 0.29) is 5.91 Å². The van der Waals surface area contributed by atoms with Gasteiger partial charge in [0.1, 0.15) is 5.75 Å². The van der Waals surface area contributed by atoms with Crippen molar-refractivity contribution in [3.8, 4) is 5.75 Å². The van der Waals surface area contributed by atoms with Crippen LogP contribution in [0.15, 0.2) is 42.5 Å². The van der Waals surface area contributed by atoms with Gasteiger partial charge in [0.2, 0.25) is 0 Å². The molecule has 1 heterocycles. The Balaban J connectivity index is 1.93. The Kier molecular flexibility index (Phi) is 7.87. The molecule has 3 aromatic rings. The van der Waals surface area contributed by atoms with Gasteiger partial charge in [0.15, 0.2) is 5.13 Å². The van der Waals surface area contributed by atoms with Crippen molar-refractivity contribution in [2.45, 2.75) is 20.8 Å². The molecule has 31 heavy (non-hydrogen) atoms. The van der Waals surface area contributed by atoms with Gasteiger partial charge in [-0.05, 0) is 62.5 Å². The number of fused-ring (bicyclic) bond motifs is 1. The second-order valence-electron chi connectivity index (χ2n) is 7.48. The number of thiazole rings is 1. The molecule has 0 spiro atoms. The van der Waals surface area contributed by atoms with Crippen LogP contribution in [0.25, 0.3) is 10.2 Å². The maximum absolute atomic E-state index is 13.5. The predicted molar refractivity (Wildman–Crippen MR) is 131 cm³/mol. The molecule has 3 rings (SSSR count). The summed E-state index contributed by atoms with van der Waals surface area (Å²) in [6, 6.07) is 13.6. The van der Waals surface area contributed by atoms with Crippen LogP contribution in [0.2, 0.25) is 0 Å². The summed E-state index contributed by atoms with van der Waals surface area (Å²) in [5.74, 6) is 0.798. The van der Waals surface area contributed by atoms with E-state index in [0.29, 0.717) is 18.7 Å². The molecular formula is C24H32N4O2S. The molecule has 0 saturated heterocycles. The Hall–Kier alpha value is -2.64. The van der Waals surface area contributed by atoms with Crippen LogP contribution in [0, 0.1) is 0 Å². The first kappa shape index (κ1) is 23.0. The molecule has 2 aromatic carbocycles. The summed E-state index contributed by atoms with van der Waals surface area (Å²) in [6.45, 7) is 10.2. The van der Waals surface area contributed by atoms with Crippen LogP contribution in [0.4, 0.5) is 10.8 Å². The van der Waals surface area contributed by atoms with Crippen LogP contribution >= 0.6 is 11.3 Å². The highest BCUT2D eigenvalue weighted by Gasteiger charge is 2.22. The highest BCUT2D eigenvalue weighted by atomic mass is 32.1. The Bertz CT molecular complexity index is 996. The predicted octanol–water partition coefficient (Wildman–Crippen LogP) is 4.75. The average Bonchev–Trinajstić information content (AvgIpc) is 3.19. The van der Waals surface area contributed by atoms with Gasteiger partial charge in [0.05, 0.1) is 16.8 Å². The van der Waals surface area contributed by atoms with E-state index in [1.165, 1.54) is 11.3 Å². The van der Waals surface area contributed by atoms with Gasteiger partial charge in [-0.25, -0.2) is 4.98 Å². The molecule has 0 N–H and O–H groups in total. The third-order valence-corrected chi connectivity index (χ3v) is 6.34. The van der Waals surface area contributed by atoms with Gasteiger partial charge >= 0.3 is 0 Å². The standard InChI is InChI=1S/C24H32N4O2S/c1-6-27(7-2)15-16-28(23(29)18-9-11-19(12-10-18)26(4)5)24-25-21-14-13-20(30-8-3)17-22(21)31-24/h9-14,17H,6-8,15-16H2,1-5H3. The highest BCUT2D eigenvalue weighted by molar-refractivity contribution is 7.22. The molecule has 1 aromatic heterocycles. The second kappa shape index (κ2) is 10.6. The fraction of sp³-hybridized carbons (Fsp3) is 0.417. The molecular weight excluding hydrogens is 408 g/mol. The zero-order valence-corrected chi connectivity index (χ0v) is 19.9. The number of nitrogens with zero attached hydrogens (tertiary/aromatic N) is 4. The maximum atomic E-state index is 13.5. The van der Waals surface area contributed by atoms with E-state index in [2.05, 4.69) is 18.7 Å². The number of anilines is 2. The SMILES string of the molecule is CCOc1ccc2nc(N(CCN(CC)CC)C(=O)c3ccc(N(C)C)cc3)sc2c1. The lowest BCUT2D eigenvalue weighted by molar-refractivity contribution is 0.0984. The number of amides is 1. The Morgan fingerprint density at radius 2 is 1.71 bits per heavy atom. The van der Waals surface area contributed by atoms with Gasteiger partial charge in [0, 0.05) is 38.4 Å². The van der Waals surface area contributed by atoms with Gasteiger partial charge in [-0.2, -0.15) is 0 Å². The largest absolute Gasteiger partial charge is 0.494 e. The van der Waals surface area contributed by atoms with E-state index in [1.54, 1.807) is 0 Å². The van der Waals surface area contributed by atoms with Crippen molar-refractivity contribution in [3.63, 3.8) is 0 Å². The molecule has 0 saturated carbocycles. The summed E-state index contributed by atoms with van der Waals surface area (Å²) in [5, 5.41) is 0.720. The first-order valence-corrected chi connectivity index (χ1v) is 11.6. The van der Waals surface area contributed by atoms with Crippen molar-refractivity contribution in [2.75, 3.05) is 56.7 Å². The molecule has 7 heteroatoms. The minimum atomic E-state index is -0.0263. The van der Waals surface area contributed by atoms with Gasteiger partial charge in [-0.3, -0.25) is 9.69 Å². The summed E-state index contributed by atoms with van der Waals surface area (Å²) < 4.78 is 6.64. The lowest BCUT2D eigenvalue weighted by Crippen LogP contribution is -2.38. The zero-order chi connectivity index (χ0) is 22.4. The van der Waals surface area contributed by atoms with E-state index in [9.17, 15) is 4.79 Å². The number of aromatic nitrogens is 1. The van der Waals surface area contributed by atoms with E-state index in [0.717, 1.165) is 46.4 Å². The van der Waals surface area contributed by atoms with E-state index in [4.69, 9.17) is 9.72 Å². The number of benzene rings is 2. The van der Waals surface area contributed by atoms with Crippen LogP contribution in [0.1, 0.15) is 31.1 Å². The van der Waals surface area contributed by atoms with Gasteiger partial charge in [-0.15, -0.1) is 0 Å². The molecule has 6 nitrogen and oxygen atoms in total. The van der Waals surface area contributed by atoms with Gasteiger partial charge < -0.3 is 14.5 Å². The number of carbonyl (C=O) groups is 1. The Labute approximate surface area is 189 Å². The molecule has 166 valence electrons. The molecule has 0 aliphatic carbocycles. The smallest absolute Gasteiger partial charge is 0.260 e. The molecule has 0 unspecified atom stereocenters. The Morgan fingerprint density at radius 1 is 1.00 bits per heavy atom. The van der Waals surface area contributed by atoms with Crippen molar-refractivity contribution in [2.24, 2.45) is 0 Å². The minimum absolute atomic E-state index is 0.0263. The third-order valence-electron chi connectivity index (χ3n) is 5.30. The van der Waals surface area contributed by atoms with E-state index in [1.807, 2.05) is 73.3 Å². The number of hydrogen-bond acceptors (Lipinski definition) is 6. The topological polar surface area (TPSA) is 48.9 Å². The summed E-state index contributed by atoms with van der Waals surface area (Å²) in [6.07, 6.45) is 0. The van der Waals surface area contributed by atoms with Crippen LogP contribution in [0.5, 0.6) is 5.75 Å². The summed E-state index contributed by atoms with van der Waals surface area (Å²) >= 11 is 1.53. The van der Waals surface area contributed by atoms with Crippen LogP contribution in [-0.4, -0.2) is 62.7 Å². The summed E-state index contributed by atoms with van der Waals surface area (Å²) in [4.78, 5) is 24.4. The minimum Gasteiger partial charge on any atom is -0.494 e. The van der Waals surface area contributed by atoms with Gasteiger partial charge in [0.25, 0.3) is 5.91 Å². The molecule has 0 aliphatic heterocycles. The van der Waals surface area contributed by atoms with Gasteiger partial charge in [-0.1, -0.05) is 25.2 Å². The zero-order valence-electron chi connectivity index (χ0n) is 19.1. The highest BCUT2D eigenvalue weighted by Crippen LogP contribution is 2.32. The second-order valence-corrected chi connectivity index (χ2v) is 8.49. The molecule has 0 fully saturated rings. The van der Waals surface area contributed by atoms with Crippen molar-refractivity contribution in [3.05, 3.63) is 48.0 Å². The van der Waals surface area contributed by atoms with Crippen LogP contribution in [-0.2, 0) is 0 Å².